The molecule has 0 aliphatic rings. The van der Waals surface area contributed by atoms with Gasteiger partial charge in [-0.3, -0.25) is 4.79 Å². The van der Waals surface area contributed by atoms with E-state index < -0.39 is 0 Å². The molecule has 0 aliphatic carbocycles. The minimum absolute atomic E-state index is 0.186. The first-order valence-electron chi connectivity index (χ1n) is 4.44. The van der Waals surface area contributed by atoms with Crippen LogP contribution in [-0.2, 0) is 9.53 Å². The van der Waals surface area contributed by atoms with Crippen LogP contribution in [0.1, 0.15) is 5.56 Å². The number of pyridine rings is 1. The molecule has 5 heteroatoms. The van der Waals surface area contributed by atoms with E-state index in [1.165, 1.54) is 7.11 Å². The van der Waals surface area contributed by atoms with Crippen LogP contribution < -0.4 is 4.90 Å². The highest BCUT2D eigenvalue weighted by molar-refractivity contribution is 9.10. The van der Waals surface area contributed by atoms with E-state index in [4.69, 9.17) is 0 Å². The van der Waals surface area contributed by atoms with Crippen molar-refractivity contribution in [2.24, 2.45) is 0 Å². The summed E-state index contributed by atoms with van der Waals surface area (Å²) in [6.45, 7) is 2.15. The number of hydrogen-bond acceptors (Lipinski definition) is 4. The van der Waals surface area contributed by atoms with Crippen molar-refractivity contribution in [1.29, 1.82) is 0 Å². The Balaban J connectivity index is 2.82. The van der Waals surface area contributed by atoms with E-state index in [0.29, 0.717) is 0 Å². The first-order valence-corrected chi connectivity index (χ1v) is 5.24. The van der Waals surface area contributed by atoms with E-state index in [1.807, 2.05) is 13.0 Å². The minimum Gasteiger partial charge on any atom is -0.468 e. The van der Waals surface area contributed by atoms with Crippen molar-refractivity contribution in [3.8, 4) is 0 Å². The summed E-state index contributed by atoms with van der Waals surface area (Å²) in [6, 6.07) is 1.95. The van der Waals surface area contributed by atoms with Gasteiger partial charge in [-0.25, -0.2) is 4.98 Å². The van der Waals surface area contributed by atoms with Gasteiger partial charge in [-0.1, -0.05) is 0 Å². The van der Waals surface area contributed by atoms with Gasteiger partial charge in [0.2, 0.25) is 0 Å². The lowest BCUT2D eigenvalue weighted by Crippen LogP contribution is -2.27. The van der Waals surface area contributed by atoms with Gasteiger partial charge in [-0.2, -0.15) is 0 Å². The summed E-state index contributed by atoms with van der Waals surface area (Å²) in [7, 11) is 3.16. The van der Waals surface area contributed by atoms with Crippen LogP contribution in [0.25, 0.3) is 0 Å². The smallest absolute Gasteiger partial charge is 0.325 e. The van der Waals surface area contributed by atoms with Crippen molar-refractivity contribution < 1.29 is 9.53 Å². The predicted octanol–water partition coefficient (Wildman–Crippen LogP) is 1.76. The molecular weight excluding hydrogens is 260 g/mol. The molecule has 0 fully saturated rings. The third-order valence-electron chi connectivity index (χ3n) is 1.91. The van der Waals surface area contributed by atoms with Crippen LogP contribution in [-0.4, -0.2) is 31.7 Å². The molecule has 15 heavy (non-hydrogen) atoms. The first-order chi connectivity index (χ1) is 7.04. The number of ether oxygens (including phenoxy) is 1. The molecule has 0 radical (unpaired) electrons. The molecule has 0 saturated heterocycles. The molecule has 1 aromatic rings. The van der Waals surface area contributed by atoms with Crippen LogP contribution in [0.3, 0.4) is 0 Å². The standard InChI is InChI=1S/C10H13BrN2O2/c1-7-4-8(11)10(12-5-7)13(2)6-9(14)15-3/h4-5H,6H2,1-3H3. The fourth-order valence-corrected chi connectivity index (χ4v) is 1.91. The Hall–Kier alpha value is -1.10. The molecular formula is C10H13BrN2O2. The third-order valence-corrected chi connectivity index (χ3v) is 2.50. The number of nitrogens with zero attached hydrogens (tertiary/aromatic N) is 2. The number of halogens is 1. The number of carbonyl (C=O) groups is 1. The Morgan fingerprint density at radius 2 is 2.33 bits per heavy atom. The molecule has 0 N–H and O–H groups in total. The highest BCUT2D eigenvalue weighted by Crippen LogP contribution is 2.23. The Labute approximate surface area is 97.4 Å². The second-order valence-corrected chi connectivity index (χ2v) is 4.10. The molecule has 1 aromatic heterocycles. The predicted molar refractivity (Wildman–Crippen MR) is 62.0 cm³/mol. The van der Waals surface area contributed by atoms with Crippen LogP contribution in [0.15, 0.2) is 16.7 Å². The second kappa shape index (κ2) is 5.11. The van der Waals surface area contributed by atoms with Crippen LogP contribution >= 0.6 is 15.9 Å². The number of carbonyl (C=O) groups excluding carboxylic acids is 1. The largest absolute Gasteiger partial charge is 0.468 e. The normalized spacial score (nSPS) is 9.87. The summed E-state index contributed by atoms with van der Waals surface area (Å²) < 4.78 is 5.45. The second-order valence-electron chi connectivity index (χ2n) is 3.25. The van der Waals surface area contributed by atoms with E-state index in [-0.39, 0.29) is 12.5 Å². The first kappa shape index (κ1) is 12.0. The van der Waals surface area contributed by atoms with Crippen LogP contribution in [0.5, 0.6) is 0 Å². The van der Waals surface area contributed by atoms with Crippen LogP contribution in [0.2, 0.25) is 0 Å². The van der Waals surface area contributed by atoms with E-state index >= 15 is 0 Å². The lowest BCUT2D eigenvalue weighted by atomic mass is 10.3. The Bertz CT molecular complexity index is 368. The number of likely N-dealkylation sites (N-methyl/N-ethyl adjacent to an activating group) is 1. The SMILES string of the molecule is COC(=O)CN(C)c1ncc(C)cc1Br. The molecule has 0 bridgehead atoms. The molecule has 0 atom stereocenters. The summed E-state index contributed by atoms with van der Waals surface area (Å²) in [4.78, 5) is 17.0. The molecule has 0 amide bonds. The summed E-state index contributed by atoms with van der Waals surface area (Å²) in [5, 5.41) is 0. The average Bonchev–Trinajstić information content (AvgIpc) is 2.17. The summed E-state index contributed by atoms with van der Waals surface area (Å²) in [6.07, 6.45) is 1.76. The maximum Gasteiger partial charge on any atom is 0.325 e. The van der Waals surface area contributed by atoms with E-state index in [1.54, 1.807) is 18.1 Å². The molecule has 0 spiro atoms. The fourth-order valence-electron chi connectivity index (χ4n) is 1.14. The van der Waals surface area contributed by atoms with Gasteiger partial charge in [-0.05, 0) is 34.5 Å². The number of methoxy groups -OCH3 is 1. The molecule has 1 heterocycles. The van der Waals surface area contributed by atoms with Crippen molar-refractivity contribution in [1.82, 2.24) is 4.98 Å². The molecule has 1 rings (SSSR count). The number of rotatable bonds is 3. The zero-order valence-electron chi connectivity index (χ0n) is 8.95. The Morgan fingerprint density at radius 3 is 2.87 bits per heavy atom. The van der Waals surface area contributed by atoms with Crippen molar-refractivity contribution in [3.63, 3.8) is 0 Å². The van der Waals surface area contributed by atoms with Gasteiger partial charge in [0.25, 0.3) is 0 Å². The number of anilines is 1. The fraction of sp³-hybridized carbons (Fsp3) is 0.400. The molecule has 82 valence electrons. The third kappa shape index (κ3) is 3.20. The van der Waals surface area contributed by atoms with Gasteiger partial charge >= 0.3 is 5.97 Å². The summed E-state index contributed by atoms with van der Waals surface area (Å²) in [5.41, 5.74) is 1.07. The number of esters is 1. The lowest BCUT2D eigenvalue weighted by Gasteiger charge is -2.17. The van der Waals surface area contributed by atoms with Crippen molar-refractivity contribution in [2.45, 2.75) is 6.92 Å². The molecule has 0 unspecified atom stereocenters. The Kier molecular flexibility index (Phi) is 4.08. The van der Waals surface area contributed by atoms with Gasteiger partial charge in [0.15, 0.2) is 0 Å². The van der Waals surface area contributed by atoms with Gasteiger partial charge in [0.05, 0.1) is 11.6 Å². The van der Waals surface area contributed by atoms with E-state index in [0.717, 1.165) is 15.9 Å². The number of aromatic nitrogens is 1. The Morgan fingerprint density at radius 1 is 1.67 bits per heavy atom. The topological polar surface area (TPSA) is 42.4 Å². The van der Waals surface area contributed by atoms with Crippen molar-refractivity contribution in [2.75, 3.05) is 25.6 Å². The summed E-state index contributed by atoms with van der Waals surface area (Å²) >= 11 is 3.40. The average molecular weight is 273 g/mol. The zero-order chi connectivity index (χ0) is 11.4. The number of aryl methyl sites for hydroxylation is 1. The minimum atomic E-state index is -0.285. The quantitative estimate of drug-likeness (QED) is 0.787. The van der Waals surface area contributed by atoms with Gasteiger partial charge < -0.3 is 9.64 Å². The maximum atomic E-state index is 11.1. The van der Waals surface area contributed by atoms with Crippen molar-refractivity contribution in [3.05, 3.63) is 22.3 Å². The van der Waals surface area contributed by atoms with E-state index in [9.17, 15) is 4.79 Å². The number of hydrogen-bond donors (Lipinski definition) is 0. The van der Waals surface area contributed by atoms with Gasteiger partial charge in [-0.15, -0.1) is 0 Å². The molecule has 0 aromatic carbocycles. The van der Waals surface area contributed by atoms with Crippen LogP contribution in [0, 0.1) is 6.92 Å². The molecule has 0 aliphatic heterocycles. The van der Waals surface area contributed by atoms with Gasteiger partial charge in [0, 0.05) is 13.2 Å². The van der Waals surface area contributed by atoms with E-state index in [2.05, 4.69) is 25.7 Å². The highest BCUT2D eigenvalue weighted by atomic mass is 79.9. The van der Waals surface area contributed by atoms with Gasteiger partial charge in [0.1, 0.15) is 12.4 Å². The molecule has 0 saturated carbocycles. The van der Waals surface area contributed by atoms with Crippen molar-refractivity contribution >= 4 is 27.7 Å². The maximum absolute atomic E-state index is 11.1. The lowest BCUT2D eigenvalue weighted by molar-refractivity contribution is -0.138. The summed E-state index contributed by atoms with van der Waals surface area (Å²) in [5.74, 6) is 0.442. The zero-order valence-corrected chi connectivity index (χ0v) is 10.5. The van der Waals surface area contributed by atoms with Crippen LogP contribution in [0.4, 0.5) is 5.82 Å². The molecule has 4 nitrogen and oxygen atoms in total. The highest BCUT2D eigenvalue weighted by Gasteiger charge is 2.11. The monoisotopic (exact) mass is 272 g/mol.